The number of halogens is 1. The summed E-state index contributed by atoms with van der Waals surface area (Å²) in [6.07, 6.45) is -1.79. The molecule has 5 heteroatoms. The molecule has 1 aliphatic carbocycles. The summed E-state index contributed by atoms with van der Waals surface area (Å²) in [5, 5.41) is 18.9. The molecule has 2 rings (SSSR count). The standard InChI is InChI=1S/C12H13FO4/c1-17-8-3-2-7-4-5-12(16,9(7)6-8)10(13)11(14)15/h2-3,6,10,16H,4-5H2,1H3,(H,14,15). The van der Waals surface area contributed by atoms with Crippen LogP contribution in [0.2, 0.25) is 0 Å². The molecule has 0 heterocycles. The molecule has 2 unspecified atom stereocenters. The van der Waals surface area contributed by atoms with Crippen molar-refractivity contribution in [3.05, 3.63) is 29.3 Å². The highest BCUT2D eigenvalue weighted by Crippen LogP contribution is 2.42. The predicted octanol–water partition coefficient (Wildman–Crippen LogP) is 1.25. The molecule has 1 aromatic carbocycles. The fourth-order valence-electron chi connectivity index (χ4n) is 2.23. The van der Waals surface area contributed by atoms with Gasteiger partial charge in [-0.15, -0.1) is 0 Å². The fourth-order valence-corrected chi connectivity index (χ4v) is 2.23. The average Bonchev–Trinajstić information content (AvgIpc) is 2.66. The Kier molecular flexibility index (Phi) is 2.79. The van der Waals surface area contributed by atoms with Crippen LogP contribution in [0.15, 0.2) is 18.2 Å². The van der Waals surface area contributed by atoms with E-state index in [4.69, 9.17) is 9.84 Å². The van der Waals surface area contributed by atoms with Gasteiger partial charge in [-0.25, -0.2) is 9.18 Å². The number of carboxylic acid groups (broad SMARTS) is 1. The van der Waals surface area contributed by atoms with Crippen LogP contribution in [0, 0.1) is 0 Å². The highest BCUT2D eigenvalue weighted by molar-refractivity contribution is 5.75. The number of methoxy groups -OCH3 is 1. The fraction of sp³-hybridized carbons (Fsp3) is 0.417. The van der Waals surface area contributed by atoms with Crippen LogP contribution in [0.1, 0.15) is 17.5 Å². The highest BCUT2D eigenvalue weighted by atomic mass is 19.1. The molecular formula is C12H13FO4. The van der Waals surface area contributed by atoms with E-state index < -0.39 is 17.7 Å². The van der Waals surface area contributed by atoms with Crippen LogP contribution in [-0.4, -0.2) is 29.5 Å². The van der Waals surface area contributed by atoms with Crippen molar-refractivity contribution < 1.29 is 24.1 Å². The number of alkyl halides is 1. The van der Waals surface area contributed by atoms with E-state index in [0.29, 0.717) is 17.7 Å². The van der Waals surface area contributed by atoms with Gasteiger partial charge in [-0.2, -0.15) is 0 Å². The summed E-state index contributed by atoms with van der Waals surface area (Å²) in [7, 11) is 1.46. The first-order chi connectivity index (χ1) is 7.99. The third-order valence-corrected chi connectivity index (χ3v) is 3.20. The topological polar surface area (TPSA) is 66.8 Å². The van der Waals surface area contributed by atoms with E-state index in [0.717, 1.165) is 5.56 Å². The van der Waals surface area contributed by atoms with Gasteiger partial charge in [0.15, 0.2) is 0 Å². The Bertz CT molecular complexity index is 460. The number of aryl methyl sites for hydroxylation is 1. The molecule has 4 nitrogen and oxygen atoms in total. The van der Waals surface area contributed by atoms with Gasteiger partial charge in [-0.1, -0.05) is 6.07 Å². The number of hydrogen-bond acceptors (Lipinski definition) is 3. The van der Waals surface area contributed by atoms with Crippen LogP contribution in [0.25, 0.3) is 0 Å². The number of fused-ring (bicyclic) bond motifs is 1. The zero-order valence-electron chi connectivity index (χ0n) is 9.31. The number of aliphatic hydroxyl groups is 1. The lowest BCUT2D eigenvalue weighted by atomic mass is 9.90. The van der Waals surface area contributed by atoms with Crippen LogP contribution in [0.5, 0.6) is 5.75 Å². The van der Waals surface area contributed by atoms with Crippen molar-refractivity contribution in [2.45, 2.75) is 24.6 Å². The van der Waals surface area contributed by atoms with Gasteiger partial charge < -0.3 is 14.9 Å². The van der Waals surface area contributed by atoms with Crippen LogP contribution in [0.4, 0.5) is 4.39 Å². The van der Waals surface area contributed by atoms with Crippen molar-refractivity contribution in [1.82, 2.24) is 0 Å². The first kappa shape index (κ1) is 11.9. The Morgan fingerprint density at radius 3 is 2.88 bits per heavy atom. The molecule has 0 amide bonds. The second-order valence-electron chi connectivity index (χ2n) is 4.15. The van der Waals surface area contributed by atoms with Crippen molar-refractivity contribution in [3.8, 4) is 5.75 Å². The maximum Gasteiger partial charge on any atom is 0.341 e. The summed E-state index contributed by atoms with van der Waals surface area (Å²) >= 11 is 0. The summed E-state index contributed by atoms with van der Waals surface area (Å²) < 4.78 is 18.6. The molecular weight excluding hydrogens is 227 g/mol. The first-order valence-corrected chi connectivity index (χ1v) is 5.25. The van der Waals surface area contributed by atoms with Crippen LogP contribution >= 0.6 is 0 Å². The Hall–Kier alpha value is -1.62. The van der Waals surface area contributed by atoms with Gasteiger partial charge in [0.2, 0.25) is 6.17 Å². The van der Waals surface area contributed by atoms with Crippen LogP contribution in [0.3, 0.4) is 0 Å². The average molecular weight is 240 g/mol. The molecule has 2 atom stereocenters. The highest BCUT2D eigenvalue weighted by Gasteiger charge is 2.48. The number of ether oxygens (including phenoxy) is 1. The first-order valence-electron chi connectivity index (χ1n) is 5.25. The van der Waals surface area contributed by atoms with E-state index in [1.165, 1.54) is 13.2 Å². The largest absolute Gasteiger partial charge is 0.497 e. The van der Waals surface area contributed by atoms with Crippen molar-refractivity contribution in [2.24, 2.45) is 0 Å². The molecule has 0 saturated heterocycles. The normalized spacial score (nSPS) is 24.2. The van der Waals surface area contributed by atoms with Gasteiger partial charge in [-0.05, 0) is 36.1 Å². The summed E-state index contributed by atoms with van der Waals surface area (Å²) in [4.78, 5) is 10.7. The van der Waals surface area contributed by atoms with Gasteiger partial charge in [-0.3, -0.25) is 0 Å². The van der Waals surface area contributed by atoms with E-state index in [1.807, 2.05) is 0 Å². The van der Waals surface area contributed by atoms with Crippen molar-refractivity contribution in [3.63, 3.8) is 0 Å². The zero-order valence-corrected chi connectivity index (χ0v) is 9.31. The van der Waals surface area contributed by atoms with Crippen LogP contribution < -0.4 is 4.74 Å². The number of carboxylic acids is 1. The summed E-state index contributed by atoms with van der Waals surface area (Å²) in [5.41, 5.74) is -0.876. The molecule has 2 N–H and O–H groups in total. The minimum absolute atomic E-state index is 0.0724. The minimum Gasteiger partial charge on any atom is -0.497 e. The Morgan fingerprint density at radius 1 is 1.59 bits per heavy atom. The van der Waals surface area contributed by atoms with Crippen molar-refractivity contribution >= 4 is 5.97 Å². The van der Waals surface area contributed by atoms with Crippen molar-refractivity contribution in [1.29, 1.82) is 0 Å². The smallest absolute Gasteiger partial charge is 0.341 e. The quantitative estimate of drug-likeness (QED) is 0.834. The van der Waals surface area contributed by atoms with Gasteiger partial charge in [0.05, 0.1) is 7.11 Å². The molecule has 1 aliphatic rings. The molecule has 0 fully saturated rings. The molecule has 0 spiro atoms. The van der Waals surface area contributed by atoms with Gasteiger partial charge in [0.25, 0.3) is 0 Å². The molecule has 0 aliphatic heterocycles. The summed E-state index contributed by atoms with van der Waals surface area (Å²) in [6.45, 7) is 0. The number of benzene rings is 1. The molecule has 17 heavy (non-hydrogen) atoms. The van der Waals surface area contributed by atoms with E-state index in [9.17, 15) is 14.3 Å². The number of aliphatic carboxylic acids is 1. The third-order valence-electron chi connectivity index (χ3n) is 3.20. The van der Waals surface area contributed by atoms with Gasteiger partial charge in [0.1, 0.15) is 11.4 Å². The molecule has 92 valence electrons. The zero-order chi connectivity index (χ0) is 12.6. The number of rotatable bonds is 3. The van der Waals surface area contributed by atoms with E-state index in [-0.39, 0.29) is 6.42 Å². The lowest BCUT2D eigenvalue weighted by Gasteiger charge is -2.25. The number of carbonyl (C=O) groups is 1. The van der Waals surface area contributed by atoms with E-state index in [1.54, 1.807) is 12.1 Å². The second-order valence-corrected chi connectivity index (χ2v) is 4.15. The van der Waals surface area contributed by atoms with Gasteiger partial charge >= 0.3 is 5.97 Å². The maximum absolute atomic E-state index is 13.6. The minimum atomic E-state index is -2.32. The summed E-state index contributed by atoms with van der Waals surface area (Å²) in [5.74, 6) is -1.18. The molecule has 0 radical (unpaired) electrons. The maximum atomic E-state index is 13.6. The lowest BCUT2D eigenvalue weighted by Crippen LogP contribution is -2.39. The Morgan fingerprint density at radius 2 is 2.29 bits per heavy atom. The molecule has 0 aromatic heterocycles. The predicted molar refractivity (Wildman–Crippen MR) is 57.7 cm³/mol. The molecule has 0 bridgehead atoms. The molecule has 0 saturated carbocycles. The molecule has 1 aromatic rings. The van der Waals surface area contributed by atoms with Gasteiger partial charge in [0, 0.05) is 0 Å². The third kappa shape index (κ3) is 1.76. The second kappa shape index (κ2) is 4.00. The van der Waals surface area contributed by atoms with E-state index in [2.05, 4.69) is 0 Å². The van der Waals surface area contributed by atoms with E-state index >= 15 is 0 Å². The number of hydrogen-bond donors (Lipinski definition) is 2. The van der Waals surface area contributed by atoms with Crippen LogP contribution in [-0.2, 0) is 16.8 Å². The Balaban J connectivity index is 2.47. The Labute approximate surface area is 97.6 Å². The SMILES string of the molecule is COc1ccc2c(c1)C(O)(C(F)C(=O)O)CC2. The summed E-state index contributed by atoms with van der Waals surface area (Å²) in [6, 6.07) is 4.93. The van der Waals surface area contributed by atoms with Crippen molar-refractivity contribution in [2.75, 3.05) is 7.11 Å². The lowest BCUT2D eigenvalue weighted by molar-refractivity contribution is -0.155. The monoisotopic (exact) mass is 240 g/mol.